The first-order chi connectivity index (χ1) is 9.63. The summed E-state index contributed by atoms with van der Waals surface area (Å²) in [5.41, 5.74) is -0.0226. The first-order valence-electron chi connectivity index (χ1n) is 6.97. The zero-order valence-corrected chi connectivity index (χ0v) is 13.1. The van der Waals surface area contributed by atoms with Gasteiger partial charge in [-0.25, -0.2) is 4.39 Å². The van der Waals surface area contributed by atoms with E-state index in [0.29, 0.717) is 5.92 Å². The van der Waals surface area contributed by atoms with Crippen molar-refractivity contribution in [2.24, 2.45) is 5.92 Å². The summed E-state index contributed by atoms with van der Waals surface area (Å²) in [6.45, 7) is 3.87. The number of carbonyl (C=O) groups excluding carboxylic acids is 1. The molecule has 0 bridgehead atoms. The maximum absolute atomic E-state index is 13.8. The van der Waals surface area contributed by atoms with E-state index >= 15 is 0 Å². The van der Waals surface area contributed by atoms with E-state index < -0.39 is 11.7 Å². The molecule has 118 valence electrons. The predicted octanol–water partition coefficient (Wildman–Crippen LogP) is 2.37. The minimum Gasteiger partial charge on any atom is -0.496 e. The Bertz CT molecular complexity index is 479. The molecule has 1 heterocycles. The molecule has 0 radical (unpaired) electrons. The first kappa shape index (κ1) is 17.7. The molecule has 21 heavy (non-hydrogen) atoms. The highest BCUT2D eigenvalue weighted by molar-refractivity contribution is 5.97. The van der Waals surface area contributed by atoms with Gasteiger partial charge in [-0.1, -0.05) is 6.07 Å². The molecule has 1 aromatic carbocycles. The summed E-state index contributed by atoms with van der Waals surface area (Å²) < 4.78 is 18.9. The summed E-state index contributed by atoms with van der Waals surface area (Å²) >= 11 is 0. The van der Waals surface area contributed by atoms with E-state index in [1.54, 1.807) is 6.07 Å². The van der Waals surface area contributed by atoms with Crippen molar-refractivity contribution >= 4 is 18.3 Å². The van der Waals surface area contributed by atoms with Crippen molar-refractivity contribution in [2.45, 2.75) is 25.8 Å². The molecule has 1 aliphatic rings. The van der Waals surface area contributed by atoms with Crippen LogP contribution in [-0.4, -0.2) is 32.1 Å². The molecular weight excluding hydrogens is 295 g/mol. The summed E-state index contributed by atoms with van der Waals surface area (Å²) in [7, 11) is 1.43. The van der Waals surface area contributed by atoms with Crippen molar-refractivity contribution < 1.29 is 13.9 Å². The zero-order chi connectivity index (χ0) is 14.5. The van der Waals surface area contributed by atoms with Crippen LogP contribution in [-0.2, 0) is 0 Å². The number of ether oxygens (including phenoxy) is 1. The number of carbonyl (C=O) groups is 1. The van der Waals surface area contributed by atoms with E-state index in [9.17, 15) is 9.18 Å². The van der Waals surface area contributed by atoms with Crippen molar-refractivity contribution in [1.82, 2.24) is 10.6 Å². The van der Waals surface area contributed by atoms with Gasteiger partial charge < -0.3 is 15.4 Å². The van der Waals surface area contributed by atoms with Gasteiger partial charge in [-0.15, -0.1) is 12.4 Å². The van der Waals surface area contributed by atoms with Crippen LogP contribution in [0, 0.1) is 11.7 Å². The lowest BCUT2D eigenvalue weighted by Gasteiger charge is -2.29. The van der Waals surface area contributed by atoms with Crippen molar-refractivity contribution in [2.75, 3.05) is 20.2 Å². The van der Waals surface area contributed by atoms with Crippen LogP contribution in [0.15, 0.2) is 18.2 Å². The van der Waals surface area contributed by atoms with E-state index in [1.165, 1.54) is 19.2 Å². The largest absolute Gasteiger partial charge is 0.496 e. The van der Waals surface area contributed by atoms with E-state index in [-0.39, 0.29) is 29.8 Å². The molecule has 1 amide bonds. The Balaban J connectivity index is 0.00000220. The summed E-state index contributed by atoms with van der Waals surface area (Å²) in [5.74, 6) is -0.337. The summed E-state index contributed by atoms with van der Waals surface area (Å²) in [6, 6.07) is 4.38. The highest BCUT2D eigenvalue weighted by Gasteiger charge is 2.24. The van der Waals surface area contributed by atoms with Gasteiger partial charge in [-0.2, -0.15) is 0 Å². The van der Waals surface area contributed by atoms with Gasteiger partial charge in [0.05, 0.1) is 7.11 Å². The fourth-order valence-electron chi connectivity index (χ4n) is 2.60. The van der Waals surface area contributed by atoms with Gasteiger partial charge in [-0.3, -0.25) is 4.79 Å². The second-order valence-corrected chi connectivity index (χ2v) is 5.19. The topological polar surface area (TPSA) is 50.4 Å². The van der Waals surface area contributed by atoms with E-state index in [1.807, 2.05) is 6.92 Å². The van der Waals surface area contributed by atoms with E-state index in [4.69, 9.17) is 4.74 Å². The minimum atomic E-state index is -0.559. The van der Waals surface area contributed by atoms with Gasteiger partial charge in [0.2, 0.25) is 0 Å². The monoisotopic (exact) mass is 316 g/mol. The molecule has 4 nitrogen and oxygen atoms in total. The number of hydrogen-bond acceptors (Lipinski definition) is 3. The lowest BCUT2D eigenvalue weighted by molar-refractivity contribution is 0.0914. The van der Waals surface area contributed by atoms with Crippen LogP contribution in [0.5, 0.6) is 5.75 Å². The van der Waals surface area contributed by atoms with Gasteiger partial charge >= 0.3 is 0 Å². The quantitative estimate of drug-likeness (QED) is 0.896. The molecule has 0 aliphatic carbocycles. The number of hydrogen-bond donors (Lipinski definition) is 2. The van der Waals surface area contributed by atoms with Gasteiger partial charge in [0.25, 0.3) is 5.91 Å². The molecule has 2 atom stereocenters. The first-order valence-corrected chi connectivity index (χ1v) is 6.97. The maximum atomic E-state index is 13.8. The molecular formula is C15H22ClFN2O2. The zero-order valence-electron chi connectivity index (χ0n) is 12.3. The summed E-state index contributed by atoms with van der Waals surface area (Å²) in [4.78, 5) is 12.2. The smallest absolute Gasteiger partial charge is 0.258 e. The molecule has 0 saturated carbocycles. The number of amides is 1. The van der Waals surface area contributed by atoms with Gasteiger partial charge in [0.15, 0.2) is 0 Å². The molecule has 1 fully saturated rings. The molecule has 0 aromatic heterocycles. The van der Waals surface area contributed by atoms with Crippen LogP contribution in [0.25, 0.3) is 0 Å². The predicted molar refractivity (Wildman–Crippen MR) is 82.7 cm³/mol. The van der Waals surface area contributed by atoms with E-state index in [2.05, 4.69) is 10.6 Å². The normalized spacial score (nSPS) is 19.3. The molecule has 2 unspecified atom stereocenters. The molecule has 1 saturated heterocycles. The van der Waals surface area contributed by atoms with Crippen LogP contribution in [0.4, 0.5) is 4.39 Å². The van der Waals surface area contributed by atoms with Crippen LogP contribution in [0.3, 0.4) is 0 Å². The average molecular weight is 317 g/mol. The lowest BCUT2D eigenvalue weighted by Crippen LogP contribution is -2.44. The third kappa shape index (κ3) is 4.32. The number of benzene rings is 1. The fraction of sp³-hybridized carbons (Fsp3) is 0.533. The summed E-state index contributed by atoms with van der Waals surface area (Å²) in [6.07, 6.45) is 2.18. The van der Waals surface area contributed by atoms with Crippen molar-refractivity contribution in [1.29, 1.82) is 0 Å². The van der Waals surface area contributed by atoms with Crippen molar-refractivity contribution in [3.8, 4) is 5.75 Å². The lowest BCUT2D eigenvalue weighted by atomic mass is 9.92. The second kappa shape index (κ2) is 8.20. The molecule has 6 heteroatoms. The number of halogens is 2. The Hall–Kier alpha value is -1.33. The SMILES string of the molecule is COc1cccc(F)c1C(=O)NC(C)C1CCCNC1.Cl. The number of piperidine rings is 1. The Morgan fingerprint density at radius 3 is 2.90 bits per heavy atom. The highest BCUT2D eigenvalue weighted by atomic mass is 35.5. The van der Waals surface area contributed by atoms with Gasteiger partial charge in [0, 0.05) is 6.04 Å². The second-order valence-electron chi connectivity index (χ2n) is 5.19. The minimum absolute atomic E-state index is 0. The molecule has 2 N–H and O–H groups in total. The Morgan fingerprint density at radius 1 is 1.52 bits per heavy atom. The molecule has 1 aromatic rings. The maximum Gasteiger partial charge on any atom is 0.258 e. The molecule has 0 spiro atoms. The standard InChI is InChI=1S/C15H21FN2O2.ClH/c1-10(11-5-4-8-17-9-11)18-15(19)14-12(16)6-3-7-13(14)20-2;/h3,6-7,10-11,17H,4-5,8-9H2,1-2H3,(H,18,19);1H. The van der Waals surface area contributed by atoms with Crippen molar-refractivity contribution in [3.05, 3.63) is 29.6 Å². The van der Waals surface area contributed by atoms with Crippen LogP contribution < -0.4 is 15.4 Å². The fourth-order valence-corrected chi connectivity index (χ4v) is 2.60. The van der Waals surface area contributed by atoms with Crippen molar-refractivity contribution in [3.63, 3.8) is 0 Å². The third-order valence-corrected chi connectivity index (χ3v) is 3.82. The Labute approximate surface area is 130 Å². The van der Waals surface area contributed by atoms with Crippen LogP contribution >= 0.6 is 12.4 Å². The number of methoxy groups -OCH3 is 1. The Kier molecular flexibility index (Phi) is 6.92. The third-order valence-electron chi connectivity index (χ3n) is 3.82. The van der Waals surface area contributed by atoms with Gasteiger partial charge in [-0.05, 0) is 50.9 Å². The van der Waals surface area contributed by atoms with Crippen LogP contribution in [0.1, 0.15) is 30.1 Å². The molecule has 1 aliphatic heterocycles. The molecule has 2 rings (SSSR count). The average Bonchev–Trinajstić information content (AvgIpc) is 2.47. The van der Waals surface area contributed by atoms with Crippen LogP contribution in [0.2, 0.25) is 0 Å². The van der Waals surface area contributed by atoms with Gasteiger partial charge in [0.1, 0.15) is 17.1 Å². The van der Waals surface area contributed by atoms with E-state index in [0.717, 1.165) is 25.9 Å². The Morgan fingerprint density at radius 2 is 2.29 bits per heavy atom. The number of nitrogens with one attached hydrogen (secondary N) is 2. The summed E-state index contributed by atoms with van der Waals surface area (Å²) in [5, 5.41) is 6.20. The highest BCUT2D eigenvalue weighted by Crippen LogP contribution is 2.22. The number of rotatable bonds is 4.